The van der Waals surface area contributed by atoms with E-state index in [2.05, 4.69) is 0 Å². The van der Waals surface area contributed by atoms with Crippen LogP contribution in [0.25, 0.3) is 22.3 Å². The number of cyclic esters (lactones) is 1. The summed E-state index contributed by atoms with van der Waals surface area (Å²) in [5, 5.41) is 11.8. The van der Waals surface area contributed by atoms with Crippen molar-refractivity contribution in [2.24, 2.45) is 0 Å². The SMILES string of the molecule is CCC(Cl)c1c2c(nc3ccccc13)-c1cc3c(c(=O)n1C2)COC(=O)[C@]3(O)CC. The highest BCUT2D eigenvalue weighted by Gasteiger charge is 2.45. The van der Waals surface area contributed by atoms with Gasteiger partial charge in [0.05, 0.1) is 34.4 Å². The summed E-state index contributed by atoms with van der Waals surface area (Å²) in [6.07, 6.45) is 0.853. The van der Waals surface area contributed by atoms with E-state index in [1.807, 2.05) is 31.2 Å². The molecule has 3 aromatic rings. The van der Waals surface area contributed by atoms with Crippen LogP contribution in [0.3, 0.4) is 0 Å². The van der Waals surface area contributed by atoms with E-state index in [-0.39, 0.29) is 24.0 Å². The highest BCUT2D eigenvalue weighted by molar-refractivity contribution is 6.22. The number of aliphatic hydroxyl groups is 1. The van der Waals surface area contributed by atoms with Crippen LogP contribution in [0.5, 0.6) is 0 Å². The lowest BCUT2D eigenvalue weighted by molar-refractivity contribution is -0.172. The van der Waals surface area contributed by atoms with Crippen LogP contribution in [0, 0.1) is 0 Å². The molecule has 0 saturated heterocycles. The molecule has 6 nitrogen and oxygen atoms in total. The topological polar surface area (TPSA) is 81.4 Å². The minimum atomic E-state index is -1.83. The molecule has 154 valence electrons. The Balaban J connectivity index is 1.84. The monoisotopic (exact) mass is 424 g/mol. The average Bonchev–Trinajstić information content (AvgIpc) is 3.13. The van der Waals surface area contributed by atoms with E-state index < -0.39 is 11.6 Å². The number of ether oxygens (including phenoxy) is 1. The Hall–Kier alpha value is -2.70. The minimum Gasteiger partial charge on any atom is -0.458 e. The number of alkyl halides is 1. The Bertz CT molecular complexity index is 1280. The van der Waals surface area contributed by atoms with E-state index in [0.29, 0.717) is 29.1 Å². The quantitative estimate of drug-likeness (QED) is 0.400. The number of carbonyl (C=O) groups excluding carboxylic acids is 1. The molecule has 7 heteroatoms. The summed E-state index contributed by atoms with van der Waals surface area (Å²) >= 11 is 6.73. The van der Waals surface area contributed by atoms with Gasteiger partial charge in [-0.3, -0.25) is 4.79 Å². The van der Waals surface area contributed by atoms with E-state index in [1.54, 1.807) is 17.6 Å². The predicted octanol–water partition coefficient (Wildman–Crippen LogP) is 3.77. The summed E-state index contributed by atoms with van der Waals surface area (Å²) in [6.45, 7) is 3.93. The van der Waals surface area contributed by atoms with Crippen molar-refractivity contribution in [2.45, 2.75) is 50.8 Å². The van der Waals surface area contributed by atoms with Crippen molar-refractivity contribution in [3.05, 3.63) is 62.9 Å². The number of hydrogen-bond donors (Lipinski definition) is 1. The number of esters is 1. The number of hydrogen-bond acceptors (Lipinski definition) is 5. The summed E-state index contributed by atoms with van der Waals surface area (Å²) in [5.74, 6) is -0.723. The zero-order valence-corrected chi connectivity index (χ0v) is 17.5. The highest BCUT2D eigenvalue weighted by atomic mass is 35.5. The van der Waals surface area contributed by atoms with Crippen LogP contribution >= 0.6 is 11.6 Å². The van der Waals surface area contributed by atoms with E-state index in [0.717, 1.165) is 28.5 Å². The van der Waals surface area contributed by atoms with Crippen LogP contribution in [0.15, 0.2) is 35.1 Å². The van der Waals surface area contributed by atoms with Gasteiger partial charge in [0.2, 0.25) is 0 Å². The lowest BCUT2D eigenvalue weighted by Gasteiger charge is -2.31. The summed E-state index contributed by atoms with van der Waals surface area (Å²) in [5.41, 5.74) is 2.53. The van der Waals surface area contributed by atoms with Crippen LogP contribution in [0.2, 0.25) is 0 Å². The molecule has 2 aliphatic heterocycles. The van der Waals surface area contributed by atoms with Gasteiger partial charge in [0, 0.05) is 16.5 Å². The second kappa shape index (κ2) is 6.65. The second-order valence-electron chi connectivity index (χ2n) is 7.85. The standard InChI is InChI=1S/C23H21ClN2O4/c1-3-16(24)19-12-7-5-6-8-17(12)25-20-13(19)10-26-18(20)9-15-14(21(26)27)11-30-22(28)23(15,29)4-2/h5-9,16,29H,3-4,10-11H2,1-2H3/t16?,23-/m0/s1. The fourth-order valence-electron chi connectivity index (χ4n) is 4.62. The first kappa shape index (κ1) is 19.3. The van der Waals surface area contributed by atoms with Gasteiger partial charge in [0.15, 0.2) is 5.60 Å². The molecule has 2 aliphatic rings. The molecule has 4 heterocycles. The molecule has 0 saturated carbocycles. The highest BCUT2D eigenvalue weighted by Crippen LogP contribution is 2.43. The lowest BCUT2D eigenvalue weighted by atomic mass is 9.86. The molecule has 0 radical (unpaired) electrons. The van der Waals surface area contributed by atoms with Gasteiger partial charge in [-0.2, -0.15) is 0 Å². The van der Waals surface area contributed by atoms with Gasteiger partial charge >= 0.3 is 5.97 Å². The van der Waals surface area contributed by atoms with Crippen molar-refractivity contribution in [1.29, 1.82) is 0 Å². The zero-order valence-electron chi connectivity index (χ0n) is 16.7. The smallest absolute Gasteiger partial charge is 0.343 e. The maximum atomic E-state index is 13.3. The number of para-hydroxylation sites is 1. The first-order valence-corrected chi connectivity index (χ1v) is 10.6. The number of aromatic nitrogens is 2. The Labute approximate surface area is 178 Å². The number of rotatable bonds is 3. The van der Waals surface area contributed by atoms with Crippen LogP contribution in [0.4, 0.5) is 0 Å². The van der Waals surface area contributed by atoms with Crippen molar-refractivity contribution >= 4 is 28.5 Å². The molecule has 1 aromatic carbocycles. The molecule has 0 bridgehead atoms. The van der Waals surface area contributed by atoms with Crippen molar-refractivity contribution in [2.75, 3.05) is 0 Å². The Morgan fingerprint density at radius 3 is 2.77 bits per heavy atom. The molecule has 30 heavy (non-hydrogen) atoms. The number of pyridine rings is 2. The second-order valence-corrected chi connectivity index (χ2v) is 8.38. The Kier molecular flexibility index (Phi) is 4.27. The van der Waals surface area contributed by atoms with Crippen LogP contribution < -0.4 is 5.56 Å². The molecule has 1 N–H and O–H groups in total. The van der Waals surface area contributed by atoms with Gasteiger partial charge in [0.1, 0.15) is 6.61 Å². The van der Waals surface area contributed by atoms with Gasteiger partial charge in [-0.15, -0.1) is 11.6 Å². The zero-order chi connectivity index (χ0) is 21.2. The summed E-state index contributed by atoms with van der Waals surface area (Å²) < 4.78 is 6.78. The number of benzene rings is 1. The van der Waals surface area contributed by atoms with Crippen molar-refractivity contribution in [3.63, 3.8) is 0 Å². The van der Waals surface area contributed by atoms with E-state index >= 15 is 0 Å². The molecule has 1 unspecified atom stereocenters. The summed E-state index contributed by atoms with van der Waals surface area (Å²) in [6, 6.07) is 9.53. The van der Waals surface area contributed by atoms with Gasteiger partial charge in [-0.05, 0) is 30.5 Å². The number of carbonyl (C=O) groups is 1. The number of halogens is 1. The number of fused-ring (bicyclic) bond motifs is 5. The maximum absolute atomic E-state index is 13.3. The van der Waals surface area contributed by atoms with Gasteiger partial charge in [-0.25, -0.2) is 9.78 Å². The van der Waals surface area contributed by atoms with Crippen molar-refractivity contribution in [3.8, 4) is 11.4 Å². The van der Waals surface area contributed by atoms with Crippen molar-refractivity contribution < 1.29 is 14.6 Å². The maximum Gasteiger partial charge on any atom is 0.343 e. The molecular weight excluding hydrogens is 404 g/mol. The van der Waals surface area contributed by atoms with E-state index in [4.69, 9.17) is 21.3 Å². The average molecular weight is 425 g/mol. The van der Waals surface area contributed by atoms with Crippen LogP contribution in [0.1, 0.15) is 54.3 Å². The Morgan fingerprint density at radius 2 is 2.03 bits per heavy atom. The fraction of sp³-hybridized carbons (Fsp3) is 0.348. The number of nitrogens with zero attached hydrogens (tertiary/aromatic N) is 2. The van der Waals surface area contributed by atoms with E-state index in [9.17, 15) is 14.7 Å². The van der Waals surface area contributed by atoms with Gasteiger partial charge in [-0.1, -0.05) is 32.0 Å². The molecule has 0 spiro atoms. The molecule has 0 fully saturated rings. The van der Waals surface area contributed by atoms with E-state index in [1.165, 1.54) is 0 Å². The summed E-state index contributed by atoms with van der Waals surface area (Å²) in [4.78, 5) is 30.5. The third kappa shape index (κ3) is 2.44. The predicted molar refractivity (Wildman–Crippen MR) is 113 cm³/mol. The molecule has 0 amide bonds. The summed E-state index contributed by atoms with van der Waals surface area (Å²) in [7, 11) is 0. The largest absolute Gasteiger partial charge is 0.458 e. The first-order chi connectivity index (χ1) is 14.4. The van der Waals surface area contributed by atoms with Crippen molar-refractivity contribution in [1.82, 2.24) is 9.55 Å². The van der Waals surface area contributed by atoms with Gasteiger partial charge < -0.3 is 14.4 Å². The molecule has 0 aliphatic carbocycles. The molecule has 2 atom stereocenters. The lowest BCUT2D eigenvalue weighted by Crippen LogP contribution is -2.44. The van der Waals surface area contributed by atoms with Crippen LogP contribution in [-0.2, 0) is 28.3 Å². The minimum absolute atomic E-state index is 0.116. The van der Waals surface area contributed by atoms with Gasteiger partial charge in [0.25, 0.3) is 5.56 Å². The normalized spacial score (nSPS) is 20.5. The molecular formula is C23H21ClN2O4. The first-order valence-electron chi connectivity index (χ1n) is 10.1. The Morgan fingerprint density at radius 1 is 1.27 bits per heavy atom. The third-order valence-electron chi connectivity index (χ3n) is 6.31. The van der Waals surface area contributed by atoms with Crippen LogP contribution in [-0.4, -0.2) is 20.6 Å². The fourth-order valence-corrected chi connectivity index (χ4v) is 4.87. The third-order valence-corrected chi connectivity index (χ3v) is 6.84. The molecule has 5 rings (SSSR count). The molecule has 2 aromatic heterocycles.